The Morgan fingerprint density at radius 3 is 2.67 bits per heavy atom. The van der Waals surface area contributed by atoms with Gasteiger partial charge < -0.3 is 5.11 Å². The minimum Gasteiger partial charge on any atom is -0.392 e. The first kappa shape index (κ1) is 11.9. The molecule has 1 atom stereocenters. The average Bonchev–Trinajstić information content (AvgIpc) is 2.30. The maximum atomic E-state index is 11.7. The molecule has 0 bridgehead atoms. The predicted octanol–water partition coefficient (Wildman–Crippen LogP) is 2.65. The number of benzene rings is 1. The summed E-state index contributed by atoms with van der Waals surface area (Å²) in [4.78, 5) is 11.7. The van der Waals surface area contributed by atoms with E-state index in [-0.39, 0.29) is 18.3 Å². The van der Waals surface area contributed by atoms with Crippen LogP contribution in [0.4, 0.5) is 0 Å². The van der Waals surface area contributed by atoms with Crippen molar-refractivity contribution in [3.8, 4) is 0 Å². The van der Waals surface area contributed by atoms with Gasteiger partial charge >= 0.3 is 0 Å². The van der Waals surface area contributed by atoms with Gasteiger partial charge in [-0.3, -0.25) is 4.79 Å². The van der Waals surface area contributed by atoms with Gasteiger partial charge in [-0.25, -0.2) is 0 Å². The van der Waals surface area contributed by atoms with Gasteiger partial charge in [-0.1, -0.05) is 38.1 Å². The number of ketones is 1. The molecule has 0 aliphatic heterocycles. The summed E-state index contributed by atoms with van der Waals surface area (Å²) < 4.78 is 0. The average molecular weight is 206 g/mol. The lowest BCUT2D eigenvalue weighted by Gasteiger charge is -2.13. The van der Waals surface area contributed by atoms with Gasteiger partial charge in [0.15, 0.2) is 0 Å². The van der Waals surface area contributed by atoms with Gasteiger partial charge in [-0.05, 0) is 17.5 Å². The van der Waals surface area contributed by atoms with Crippen LogP contribution in [0.3, 0.4) is 0 Å². The molecular weight excluding hydrogens is 188 g/mol. The maximum Gasteiger partial charge on any atom is 0.140 e. The third-order valence-corrected chi connectivity index (χ3v) is 2.68. The normalized spacial score (nSPS) is 12.5. The van der Waals surface area contributed by atoms with Crippen molar-refractivity contribution in [2.45, 2.75) is 39.2 Å². The molecule has 0 heterocycles. The number of aliphatic hydroxyl groups is 1. The molecule has 0 radical (unpaired) electrons. The third kappa shape index (κ3) is 2.90. The largest absolute Gasteiger partial charge is 0.392 e. The van der Waals surface area contributed by atoms with Gasteiger partial charge in [-0.2, -0.15) is 0 Å². The first-order valence-electron chi connectivity index (χ1n) is 5.45. The molecule has 0 saturated carbocycles. The molecule has 0 aromatic heterocycles. The Hall–Kier alpha value is -1.15. The van der Waals surface area contributed by atoms with E-state index in [4.69, 9.17) is 5.11 Å². The summed E-state index contributed by atoms with van der Waals surface area (Å²) in [5.74, 6) is 0.258. The van der Waals surface area contributed by atoms with Crippen molar-refractivity contribution >= 4 is 5.78 Å². The molecule has 0 saturated heterocycles. The minimum atomic E-state index is -0.0125. The molecule has 0 amide bonds. The fourth-order valence-corrected chi connectivity index (χ4v) is 1.80. The predicted molar refractivity (Wildman–Crippen MR) is 60.7 cm³/mol. The highest BCUT2D eigenvalue weighted by Gasteiger charge is 2.16. The summed E-state index contributed by atoms with van der Waals surface area (Å²) in [7, 11) is 0. The van der Waals surface area contributed by atoms with Crippen LogP contribution in [0.15, 0.2) is 24.3 Å². The highest BCUT2D eigenvalue weighted by atomic mass is 16.3. The SMILES string of the molecule is CCC(=O)C(CC)c1cccc(CO)c1. The molecule has 15 heavy (non-hydrogen) atoms. The highest BCUT2D eigenvalue weighted by molar-refractivity contribution is 5.85. The molecule has 82 valence electrons. The second-order valence-electron chi connectivity index (χ2n) is 3.68. The fourth-order valence-electron chi connectivity index (χ4n) is 1.80. The molecule has 0 aliphatic carbocycles. The van der Waals surface area contributed by atoms with Crippen molar-refractivity contribution in [1.29, 1.82) is 0 Å². The summed E-state index contributed by atoms with van der Waals surface area (Å²) in [5, 5.41) is 9.03. The van der Waals surface area contributed by atoms with Crippen molar-refractivity contribution in [2.75, 3.05) is 0 Å². The first-order valence-corrected chi connectivity index (χ1v) is 5.45. The molecule has 0 spiro atoms. The van der Waals surface area contributed by atoms with Crippen molar-refractivity contribution in [2.24, 2.45) is 0 Å². The van der Waals surface area contributed by atoms with Gasteiger partial charge in [0.1, 0.15) is 5.78 Å². The second kappa shape index (κ2) is 5.66. The van der Waals surface area contributed by atoms with Crippen molar-refractivity contribution < 1.29 is 9.90 Å². The number of hydrogen-bond acceptors (Lipinski definition) is 2. The molecular formula is C13H18O2. The highest BCUT2D eigenvalue weighted by Crippen LogP contribution is 2.22. The minimum absolute atomic E-state index is 0.0125. The maximum absolute atomic E-state index is 11.7. The van der Waals surface area contributed by atoms with Crippen LogP contribution in [0, 0.1) is 0 Å². The molecule has 1 N–H and O–H groups in total. The second-order valence-corrected chi connectivity index (χ2v) is 3.68. The molecule has 1 rings (SSSR count). The van der Waals surface area contributed by atoms with Gasteiger partial charge in [0, 0.05) is 12.3 Å². The molecule has 0 fully saturated rings. The summed E-state index contributed by atoms with van der Waals surface area (Å²) in [6.07, 6.45) is 1.39. The van der Waals surface area contributed by atoms with E-state index in [1.165, 1.54) is 0 Å². The van der Waals surface area contributed by atoms with Crippen LogP contribution in [0.2, 0.25) is 0 Å². The topological polar surface area (TPSA) is 37.3 Å². The molecule has 1 aromatic carbocycles. The number of carbonyl (C=O) groups excluding carboxylic acids is 1. The van der Waals surface area contributed by atoms with E-state index in [1.807, 2.05) is 38.1 Å². The lowest BCUT2D eigenvalue weighted by molar-refractivity contribution is -0.120. The van der Waals surface area contributed by atoms with E-state index in [0.717, 1.165) is 17.5 Å². The van der Waals surface area contributed by atoms with E-state index >= 15 is 0 Å². The number of rotatable bonds is 5. The van der Waals surface area contributed by atoms with Crippen LogP contribution in [0.1, 0.15) is 43.7 Å². The van der Waals surface area contributed by atoms with Crippen LogP contribution in [0.5, 0.6) is 0 Å². The van der Waals surface area contributed by atoms with Gasteiger partial charge in [-0.15, -0.1) is 0 Å². The van der Waals surface area contributed by atoms with Gasteiger partial charge in [0.05, 0.1) is 6.61 Å². The zero-order valence-corrected chi connectivity index (χ0v) is 9.36. The zero-order chi connectivity index (χ0) is 11.3. The quantitative estimate of drug-likeness (QED) is 0.804. The lowest BCUT2D eigenvalue weighted by atomic mass is 9.90. The first-order chi connectivity index (χ1) is 7.22. The summed E-state index contributed by atoms with van der Waals surface area (Å²) in [6, 6.07) is 7.64. The van der Waals surface area contributed by atoms with E-state index < -0.39 is 0 Å². The number of aliphatic hydroxyl groups excluding tert-OH is 1. The molecule has 2 heteroatoms. The van der Waals surface area contributed by atoms with Crippen LogP contribution < -0.4 is 0 Å². The van der Waals surface area contributed by atoms with E-state index in [0.29, 0.717) is 6.42 Å². The summed E-state index contributed by atoms with van der Waals surface area (Å²) in [5.41, 5.74) is 1.89. The monoisotopic (exact) mass is 206 g/mol. The summed E-state index contributed by atoms with van der Waals surface area (Å²) >= 11 is 0. The Morgan fingerprint density at radius 1 is 1.40 bits per heavy atom. The molecule has 1 unspecified atom stereocenters. The van der Waals surface area contributed by atoms with Crippen LogP contribution in [-0.4, -0.2) is 10.9 Å². The lowest BCUT2D eigenvalue weighted by Crippen LogP contribution is -2.10. The van der Waals surface area contributed by atoms with Crippen molar-refractivity contribution in [3.63, 3.8) is 0 Å². The molecule has 0 aliphatic rings. The standard InChI is InChI=1S/C13H18O2/c1-3-12(13(15)4-2)11-7-5-6-10(8-11)9-14/h5-8,12,14H,3-4,9H2,1-2H3. The number of hydrogen-bond donors (Lipinski definition) is 1. The van der Waals surface area contributed by atoms with Crippen LogP contribution in [-0.2, 0) is 11.4 Å². The Balaban J connectivity index is 2.96. The van der Waals surface area contributed by atoms with E-state index in [9.17, 15) is 4.79 Å². The fraction of sp³-hybridized carbons (Fsp3) is 0.462. The van der Waals surface area contributed by atoms with E-state index in [2.05, 4.69) is 0 Å². The Kier molecular flexibility index (Phi) is 4.50. The smallest absolute Gasteiger partial charge is 0.140 e. The Morgan fingerprint density at radius 2 is 2.13 bits per heavy atom. The van der Waals surface area contributed by atoms with E-state index in [1.54, 1.807) is 0 Å². The van der Waals surface area contributed by atoms with Gasteiger partial charge in [0.2, 0.25) is 0 Å². The third-order valence-electron chi connectivity index (χ3n) is 2.68. The number of carbonyl (C=O) groups is 1. The Labute approximate surface area is 90.9 Å². The molecule has 2 nitrogen and oxygen atoms in total. The molecule has 1 aromatic rings. The van der Waals surface area contributed by atoms with Crippen LogP contribution in [0.25, 0.3) is 0 Å². The number of Topliss-reactive ketones (excluding diaryl/α,β-unsaturated/α-hetero) is 1. The zero-order valence-electron chi connectivity index (χ0n) is 9.36. The van der Waals surface area contributed by atoms with Crippen molar-refractivity contribution in [1.82, 2.24) is 0 Å². The van der Waals surface area contributed by atoms with Gasteiger partial charge in [0.25, 0.3) is 0 Å². The summed E-state index contributed by atoms with van der Waals surface area (Å²) in [6.45, 7) is 3.94. The van der Waals surface area contributed by atoms with Crippen molar-refractivity contribution in [3.05, 3.63) is 35.4 Å². The van der Waals surface area contributed by atoms with Crippen LogP contribution >= 0.6 is 0 Å². The Bertz CT molecular complexity index is 331.